The van der Waals surface area contributed by atoms with E-state index in [9.17, 15) is 4.79 Å². The number of rotatable bonds is 8. The van der Waals surface area contributed by atoms with E-state index in [1.54, 1.807) is 31.2 Å². The van der Waals surface area contributed by atoms with Crippen LogP contribution in [0.1, 0.15) is 17.5 Å². The molecule has 1 N–H and O–H groups in total. The molecule has 0 bridgehead atoms. The molecule has 0 saturated carbocycles. The second-order valence-electron chi connectivity index (χ2n) is 6.17. The summed E-state index contributed by atoms with van der Waals surface area (Å²) in [5.74, 6) is 1.82. The molecule has 0 spiro atoms. The smallest absolute Gasteiger partial charge is 0.225 e. The zero-order chi connectivity index (χ0) is 19.9. The van der Waals surface area contributed by atoms with Crippen LogP contribution in [0.15, 0.2) is 54.7 Å². The minimum Gasteiger partial charge on any atom is -0.493 e. The summed E-state index contributed by atoms with van der Waals surface area (Å²) in [6, 6.07) is 15.0. The van der Waals surface area contributed by atoms with Gasteiger partial charge in [0.05, 0.1) is 27.0 Å². The van der Waals surface area contributed by atoms with Crippen LogP contribution in [0, 0.1) is 0 Å². The second kappa shape index (κ2) is 9.28. The molecule has 0 aliphatic rings. The summed E-state index contributed by atoms with van der Waals surface area (Å²) >= 11 is 6.15. The van der Waals surface area contributed by atoms with Gasteiger partial charge in [-0.1, -0.05) is 41.9 Å². The van der Waals surface area contributed by atoms with Crippen molar-refractivity contribution in [2.75, 3.05) is 19.5 Å². The Balaban J connectivity index is 1.67. The summed E-state index contributed by atoms with van der Waals surface area (Å²) in [6.45, 7) is 0.438. The van der Waals surface area contributed by atoms with E-state index in [0.717, 1.165) is 11.1 Å². The van der Waals surface area contributed by atoms with Crippen molar-refractivity contribution < 1.29 is 14.3 Å². The molecule has 0 saturated heterocycles. The Morgan fingerprint density at radius 3 is 2.61 bits per heavy atom. The van der Waals surface area contributed by atoms with Crippen molar-refractivity contribution in [1.82, 2.24) is 9.78 Å². The third-order valence-corrected chi connectivity index (χ3v) is 4.74. The summed E-state index contributed by atoms with van der Waals surface area (Å²) in [5.41, 5.74) is 1.85. The predicted molar refractivity (Wildman–Crippen MR) is 109 cm³/mol. The number of nitrogens with zero attached hydrogens (tertiary/aromatic N) is 2. The number of nitrogens with one attached hydrogen (secondary N) is 1. The van der Waals surface area contributed by atoms with Crippen LogP contribution < -0.4 is 14.8 Å². The molecule has 0 aliphatic carbocycles. The van der Waals surface area contributed by atoms with Crippen LogP contribution in [0.2, 0.25) is 5.02 Å². The van der Waals surface area contributed by atoms with Crippen LogP contribution in [0.4, 0.5) is 5.82 Å². The molecule has 1 heterocycles. The highest BCUT2D eigenvalue weighted by Crippen LogP contribution is 2.31. The van der Waals surface area contributed by atoms with Gasteiger partial charge in [0.25, 0.3) is 0 Å². The number of aryl methyl sites for hydroxylation is 1. The van der Waals surface area contributed by atoms with Crippen molar-refractivity contribution in [3.05, 3.63) is 70.9 Å². The number of anilines is 1. The number of amides is 1. The Morgan fingerprint density at radius 1 is 1.07 bits per heavy atom. The summed E-state index contributed by atoms with van der Waals surface area (Å²) in [5, 5.41) is 7.90. The molecular formula is C21H22ClN3O3. The first-order valence-corrected chi connectivity index (χ1v) is 9.25. The van der Waals surface area contributed by atoms with E-state index in [1.807, 2.05) is 42.5 Å². The fourth-order valence-electron chi connectivity index (χ4n) is 2.96. The monoisotopic (exact) mass is 399 g/mol. The lowest BCUT2D eigenvalue weighted by molar-refractivity contribution is -0.116. The van der Waals surface area contributed by atoms with Crippen LogP contribution >= 0.6 is 11.6 Å². The van der Waals surface area contributed by atoms with Crippen LogP contribution in [0.25, 0.3) is 0 Å². The molecule has 0 fully saturated rings. The van der Waals surface area contributed by atoms with Gasteiger partial charge in [-0.25, -0.2) is 4.68 Å². The number of aromatic nitrogens is 2. The SMILES string of the molecule is COc1cccc(Cn2nccc2NC(=O)CCc2ccccc2Cl)c1OC. The quantitative estimate of drug-likeness (QED) is 0.617. The summed E-state index contributed by atoms with van der Waals surface area (Å²) in [4.78, 5) is 12.4. The molecule has 2 aromatic carbocycles. The first-order chi connectivity index (χ1) is 13.6. The van der Waals surface area contributed by atoms with Crippen LogP contribution in [-0.2, 0) is 17.8 Å². The number of methoxy groups -OCH3 is 2. The Bertz CT molecular complexity index is 956. The van der Waals surface area contributed by atoms with Crippen molar-refractivity contribution in [2.24, 2.45) is 0 Å². The molecule has 0 atom stereocenters. The van der Waals surface area contributed by atoms with Gasteiger partial charge in [0.15, 0.2) is 11.5 Å². The third kappa shape index (κ3) is 4.64. The molecule has 0 aliphatic heterocycles. The van der Waals surface area contributed by atoms with E-state index in [4.69, 9.17) is 21.1 Å². The lowest BCUT2D eigenvalue weighted by Gasteiger charge is -2.14. The van der Waals surface area contributed by atoms with Gasteiger partial charge in [0.2, 0.25) is 5.91 Å². The van der Waals surface area contributed by atoms with E-state index in [-0.39, 0.29) is 5.91 Å². The van der Waals surface area contributed by atoms with Crippen LogP contribution in [0.5, 0.6) is 11.5 Å². The van der Waals surface area contributed by atoms with E-state index < -0.39 is 0 Å². The molecule has 6 nitrogen and oxygen atoms in total. The van der Waals surface area contributed by atoms with Crippen LogP contribution in [0.3, 0.4) is 0 Å². The van der Waals surface area contributed by atoms with Crippen molar-refractivity contribution in [3.8, 4) is 11.5 Å². The highest BCUT2D eigenvalue weighted by atomic mass is 35.5. The highest BCUT2D eigenvalue weighted by molar-refractivity contribution is 6.31. The van der Waals surface area contributed by atoms with Gasteiger partial charge in [-0.15, -0.1) is 0 Å². The molecule has 3 aromatic rings. The maximum Gasteiger partial charge on any atom is 0.225 e. The minimum absolute atomic E-state index is 0.0979. The standard InChI is InChI=1S/C21H22ClN3O3/c1-27-18-9-5-7-16(21(18)28-2)14-25-19(12-13-23-25)24-20(26)11-10-15-6-3-4-8-17(15)22/h3-9,12-13H,10-11,14H2,1-2H3,(H,24,26). The average molecular weight is 400 g/mol. The third-order valence-electron chi connectivity index (χ3n) is 4.37. The van der Waals surface area contributed by atoms with Gasteiger partial charge >= 0.3 is 0 Å². The Labute approximate surface area is 169 Å². The minimum atomic E-state index is -0.0979. The molecule has 0 radical (unpaired) electrons. The number of carbonyl (C=O) groups is 1. The largest absolute Gasteiger partial charge is 0.493 e. The molecule has 3 rings (SSSR count). The average Bonchev–Trinajstić information content (AvgIpc) is 3.13. The van der Waals surface area contributed by atoms with Gasteiger partial charge in [0, 0.05) is 23.1 Å². The van der Waals surface area contributed by atoms with Crippen LogP contribution in [-0.4, -0.2) is 29.9 Å². The van der Waals surface area contributed by atoms with Crippen molar-refractivity contribution >= 4 is 23.3 Å². The van der Waals surface area contributed by atoms with Crippen molar-refractivity contribution in [2.45, 2.75) is 19.4 Å². The molecule has 7 heteroatoms. The van der Waals surface area contributed by atoms with Gasteiger partial charge in [0.1, 0.15) is 5.82 Å². The summed E-state index contributed by atoms with van der Waals surface area (Å²) < 4.78 is 12.5. The summed E-state index contributed by atoms with van der Waals surface area (Å²) in [6.07, 6.45) is 2.55. The second-order valence-corrected chi connectivity index (χ2v) is 6.57. The molecule has 1 amide bonds. The van der Waals surface area contributed by atoms with Gasteiger partial charge in [-0.3, -0.25) is 4.79 Å². The number of para-hydroxylation sites is 1. The lowest BCUT2D eigenvalue weighted by atomic mass is 10.1. The molecule has 146 valence electrons. The number of carbonyl (C=O) groups excluding carboxylic acids is 1. The number of hydrogen-bond donors (Lipinski definition) is 1. The van der Waals surface area contributed by atoms with E-state index >= 15 is 0 Å². The molecule has 0 unspecified atom stereocenters. The molecular weight excluding hydrogens is 378 g/mol. The summed E-state index contributed by atoms with van der Waals surface area (Å²) in [7, 11) is 3.20. The molecule has 28 heavy (non-hydrogen) atoms. The molecule has 1 aromatic heterocycles. The first kappa shape index (κ1) is 19.8. The fraction of sp³-hybridized carbons (Fsp3) is 0.238. The van der Waals surface area contributed by atoms with E-state index in [2.05, 4.69) is 10.4 Å². The first-order valence-electron chi connectivity index (χ1n) is 8.87. The van der Waals surface area contributed by atoms with Crippen molar-refractivity contribution in [1.29, 1.82) is 0 Å². The topological polar surface area (TPSA) is 65.4 Å². The Morgan fingerprint density at radius 2 is 1.86 bits per heavy atom. The maximum atomic E-state index is 12.4. The zero-order valence-corrected chi connectivity index (χ0v) is 16.6. The highest BCUT2D eigenvalue weighted by Gasteiger charge is 2.13. The van der Waals surface area contributed by atoms with Gasteiger partial charge < -0.3 is 14.8 Å². The fourth-order valence-corrected chi connectivity index (χ4v) is 3.19. The number of hydrogen-bond acceptors (Lipinski definition) is 4. The lowest BCUT2D eigenvalue weighted by Crippen LogP contribution is -2.16. The number of benzene rings is 2. The van der Waals surface area contributed by atoms with E-state index in [1.165, 1.54) is 0 Å². The normalized spacial score (nSPS) is 10.5. The van der Waals surface area contributed by atoms with Crippen molar-refractivity contribution in [3.63, 3.8) is 0 Å². The Hall–Kier alpha value is -2.99. The predicted octanol–water partition coefficient (Wildman–Crippen LogP) is 4.17. The van der Waals surface area contributed by atoms with E-state index in [0.29, 0.717) is 41.7 Å². The Kier molecular flexibility index (Phi) is 6.55. The van der Waals surface area contributed by atoms with Gasteiger partial charge in [-0.2, -0.15) is 5.10 Å². The van der Waals surface area contributed by atoms with Gasteiger partial charge in [-0.05, 0) is 24.1 Å². The zero-order valence-electron chi connectivity index (χ0n) is 15.8. The maximum absolute atomic E-state index is 12.4. The number of ether oxygens (including phenoxy) is 2. The number of halogens is 1.